The summed E-state index contributed by atoms with van der Waals surface area (Å²) in [5.41, 5.74) is -0.363. The lowest BCUT2D eigenvalue weighted by Crippen LogP contribution is -2.32. The van der Waals surface area contributed by atoms with Crippen LogP contribution in [0.1, 0.15) is 57.2 Å². The second-order valence-corrected chi connectivity index (χ2v) is 5.44. The predicted molar refractivity (Wildman–Crippen MR) is 69.2 cm³/mol. The molecular formula is C14H21N3O2. The number of hydrogen-bond acceptors (Lipinski definition) is 5. The van der Waals surface area contributed by atoms with Crippen LogP contribution in [0.25, 0.3) is 0 Å². The molecule has 1 aromatic heterocycles. The van der Waals surface area contributed by atoms with Crippen molar-refractivity contribution in [1.82, 2.24) is 10.1 Å². The lowest BCUT2D eigenvalue weighted by molar-refractivity contribution is -0.0527. The summed E-state index contributed by atoms with van der Waals surface area (Å²) in [7, 11) is 1.72. The van der Waals surface area contributed by atoms with E-state index in [1.807, 2.05) is 6.92 Å². The van der Waals surface area contributed by atoms with Gasteiger partial charge in [-0.05, 0) is 18.8 Å². The quantitative estimate of drug-likeness (QED) is 0.816. The Morgan fingerprint density at radius 1 is 1.42 bits per heavy atom. The third-order valence-corrected chi connectivity index (χ3v) is 3.89. The van der Waals surface area contributed by atoms with Crippen LogP contribution in [0.4, 0.5) is 0 Å². The fourth-order valence-corrected chi connectivity index (χ4v) is 2.69. The van der Waals surface area contributed by atoms with Crippen LogP contribution in [0, 0.1) is 17.2 Å². The van der Waals surface area contributed by atoms with E-state index in [1.165, 1.54) is 6.42 Å². The predicted octanol–water partition coefficient (Wildman–Crippen LogP) is 2.97. The molecule has 1 unspecified atom stereocenters. The highest BCUT2D eigenvalue weighted by Gasteiger charge is 2.38. The van der Waals surface area contributed by atoms with Crippen LogP contribution in [-0.4, -0.2) is 17.3 Å². The summed E-state index contributed by atoms with van der Waals surface area (Å²) in [4.78, 5) is 4.49. The van der Waals surface area contributed by atoms with Gasteiger partial charge >= 0.3 is 0 Å². The molecule has 1 fully saturated rings. The zero-order chi connectivity index (χ0) is 13.7. The fraction of sp³-hybridized carbons (Fsp3) is 0.786. The molecule has 0 bridgehead atoms. The Labute approximate surface area is 113 Å². The van der Waals surface area contributed by atoms with Crippen molar-refractivity contribution in [3.63, 3.8) is 0 Å². The summed E-state index contributed by atoms with van der Waals surface area (Å²) in [5.74, 6) is 1.52. The van der Waals surface area contributed by atoms with Gasteiger partial charge in [0.25, 0.3) is 0 Å². The van der Waals surface area contributed by atoms with Crippen LogP contribution >= 0.6 is 0 Å². The maximum atomic E-state index is 8.67. The SMILES string of the molecule is COC1(c2noc(CC(C)CC#N)n2)CCCCC1. The number of rotatable bonds is 5. The topological polar surface area (TPSA) is 71.9 Å². The van der Waals surface area contributed by atoms with Crippen molar-refractivity contribution in [2.75, 3.05) is 7.11 Å². The van der Waals surface area contributed by atoms with Crippen LogP contribution in [-0.2, 0) is 16.8 Å². The van der Waals surface area contributed by atoms with Crippen molar-refractivity contribution in [3.05, 3.63) is 11.7 Å². The van der Waals surface area contributed by atoms with E-state index in [4.69, 9.17) is 14.5 Å². The number of ether oxygens (including phenoxy) is 1. The van der Waals surface area contributed by atoms with Crippen LogP contribution < -0.4 is 0 Å². The normalized spacial score (nSPS) is 19.8. The molecule has 0 aliphatic heterocycles. The molecule has 0 N–H and O–H groups in total. The van der Waals surface area contributed by atoms with E-state index in [1.54, 1.807) is 7.11 Å². The van der Waals surface area contributed by atoms with Gasteiger partial charge in [0.2, 0.25) is 11.7 Å². The van der Waals surface area contributed by atoms with Gasteiger partial charge in [-0.15, -0.1) is 0 Å². The van der Waals surface area contributed by atoms with Crippen LogP contribution in [0.3, 0.4) is 0 Å². The van der Waals surface area contributed by atoms with Gasteiger partial charge in [-0.2, -0.15) is 10.2 Å². The summed E-state index contributed by atoms with van der Waals surface area (Å²) in [5, 5.41) is 12.8. The molecule has 104 valence electrons. The number of nitriles is 1. The molecule has 1 aromatic rings. The molecule has 0 saturated heterocycles. The van der Waals surface area contributed by atoms with E-state index >= 15 is 0 Å². The van der Waals surface area contributed by atoms with E-state index in [2.05, 4.69) is 16.2 Å². The van der Waals surface area contributed by atoms with Gasteiger partial charge in [0, 0.05) is 20.0 Å². The minimum Gasteiger partial charge on any atom is -0.370 e. The molecule has 1 saturated carbocycles. The first-order valence-corrected chi connectivity index (χ1v) is 6.95. The smallest absolute Gasteiger partial charge is 0.227 e. The Hall–Kier alpha value is -1.41. The van der Waals surface area contributed by atoms with E-state index in [9.17, 15) is 0 Å². The van der Waals surface area contributed by atoms with Gasteiger partial charge in [0.05, 0.1) is 6.07 Å². The first-order valence-electron chi connectivity index (χ1n) is 6.95. The first-order chi connectivity index (χ1) is 9.20. The van der Waals surface area contributed by atoms with Crippen LogP contribution in [0.2, 0.25) is 0 Å². The fourth-order valence-electron chi connectivity index (χ4n) is 2.69. The average molecular weight is 263 g/mol. The molecule has 2 rings (SSSR count). The first kappa shape index (κ1) is 14.0. The van der Waals surface area contributed by atoms with Crippen molar-refractivity contribution in [2.45, 2.75) is 57.5 Å². The van der Waals surface area contributed by atoms with Gasteiger partial charge in [0.1, 0.15) is 5.60 Å². The summed E-state index contributed by atoms with van der Waals surface area (Å²) < 4.78 is 11.0. The highest BCUT2D eigenvalue weighted by molar-refractivity contribution is 5.03. The van der Waals surface area contributed by atoms with Gasteiger partial charge < -0.3 is 9.26 Å². The number of nitrogens with zero attached hydrogens (tertiary/aromatic N) is 3. The number of methoxy groups -OCH3 is 1. The highest BCUT2D eigenvalue weighted by Crippen LogP contribution is 2.38. The van der Waals surface area contributed by atoms with E-state index in [-0.39, 0.29) is 11.5 Å². The van der Waals surface area contributed by atoms with Gasteiger partial charge in [-0.25, -0.2) is 0 Å². The average Bonchev–Trinajstić information content (AvgIpc) is 2.89. The minimum atomic E-state index is -0.363. The third-order valence-electron chi connectivity index (χ3n) is 3.89. The Balaban J connectivity index is 2.09. The maximum absolute atomic E-state index is 8.67. The third kappa shape index (κ3) is 3.13. The molecule has 0 radical (unpaired) electrons. The van der Waals surface area contributed by atoms with Crippen LogP contribution in [0.15, 0.2) is 4.52 Å². The number of hydrogen-bond donors (Lipinski definition) is 0. The molecule has 0 aromatic carbocycles. The summed E-state index contributed by atoms with van der Waals surface area (Å²) in [6.07, 6.45) is 6.60. The largest absolute Gasteiger partial charge is 0.370 e. The monoisotopic (exact) mass is 263 g/mol. The molecule has 5 nitrogen and oxygen atoms in total. The molecule has 5 heteroatoms. The summed E-state index contributed by atoms with van der Waals surface area (Å²) in [6.45, 7) is 2.01. The van der Waals surface area contributed by atoms with Gasteiger partial charge in [-0.1, -0.05) is 31.3 Å². The van der Waals surface area contributed by atoms with E-state index in [0.29, 0.717) is 24.6 Å². The van der Waals surface area contributed by atoms with E-state index < -0.39 is 0 Å². The Morgan fingerprint density at radius 2 is 2.16 bits per heavy atom. The lowest BCUT2D eigenvalue weighted by Gasteiger charge is -2.32. The number of aromatic nitrogens is 2. The van der Waals surface area contributed by atoms with Crippen LogP contribution in [0.5, 0.6) is 0 Å². The zero-order valence-electron chi connectivity index (χ0n) is 11.7. The van der Waals surface area contributed by atoms with Crippen molar-refractivity contribution < 1.29 is 9.26 Å². The summed E-state index contributed by atoms with van der Waals surface area (Å²) >= 11 is 0. The van der Waals surface area contributed by atoms with Crippen molar-refractivity contribution >= 4 is 0 Å². The summed E-state index contributed by atoms with van der Waals surface area (Å²) in [6, 6.07) is 2.16. The molecule has 1 aliphatic rings. The van der Waals surface area contributed by atoms with Gasteiger partial charge in [0.15, 0.2) is 0 Å². The Bertz CT molecular complexity index is 444. The molecular weight excluding hydrogens is 242 g/mol. The second kappa shape index (κ2) is 6.16. The van der Waals surface area contributed by atoms with Crippen molar-refractivity contribution in [2.24, 2.45) is 5.92 Å². The molecule has 1 aliphatic carbocycles. The zero-order valence-corrected chi connectivity index (χ0v) is 11.7. The molecule has 1 heterocycles. The second-order valence-electron chi connectivity index (χ2n) is 5.44. The Kier molecular flexibility index (Phi) is 4.54. The minimum absolute atomic E-state index is 0.239. The lowest BCUT2D eigenvalue weighted by atomic mass is 9.84. The van der Waals surface area contributed by atoms with Crippen molar-refractivity contribution in [3.8, 4) is 6.07 Å². The molecule has 19 heavy (non-hydrogen) atoms. The standard InChI is InChI=1S/C14H21N3O2/c1-11(6-9-15)10-12-16-13(17-19-12)14(18-2)7-4-3-5-8-14/h11H,3-8,10H2,1-2H3. The molecule has 0 amide bonds. The van der Waals surface area contributed by atoms with E-state index in [0.717, 1.165) is 25.7 Å². The van der Waals surface area contributed by atoms with Gasteiger partial charge in [-0.3, -0.25) is 0 Å². The maximum Gasteiger partial charge on any atom is 0.227 e. The van der Waals surface area contributed by atoms with Crippen molar-refractivity contribution in [1.29, 1.82) is 5.26 Å². The Morgan fingerprint density at radius 3 is 2.79 bits per heavy atom. The molecule has 0 spiro atoms. The highest BCUT2D eigenvalue weighted by atomic mass is 16.5. The molecule has 1 atom stereocenters.